The van der Waals surface area contributed by atoms with E-state index >= 15 is 0 Å². The van der Waals surface area contributed by atoms with E-state index in [9.17, 15) is 4.79 Å². The summed E-state index contributed by atoms with van der Waals surface area (Å²) >= 11 is 3.35. The smallest absolute Gasteiger partial charge is 0.277 e. The number of carbonyl (C=O) groups is 1. The number of anilines is 1. The van der Waals surface area contributed by atoms with Crippen LogP contribution in [0.25, 0.3) is 0 Å². The van der Waals surface area contributed by atoms with Gasteiger partial charge >= 0.3 is 0 Å². The van der Waals surface area contributed by atoms with Crippen molar-refractivity contribution in [1.29, 1.82) is 0 Å². The molecule has 0 aliphatic heterocycles. The number of nitrogens with one attached hydrogen (secondary N) is 1. The molecule has 1 unspecified atom stereocenters. The van der Waals surface area contributed by atoms with E-state index in [1.165, 1.54) is 6.26 Å². The number of nitrogens with two attached hydrogens (primary N) is 1. The summed E-state index contributed by atoms with van der Waals surface area (Å²) in [5.74, 6) is 0.0130. The molecule has 1 atom stereocenters. The first-order chi connectivity index (χ1) is 11.6. The van der Waals surface area contributed by atoms with E-state index in [4.69, 9.17) is 10.2 Å². The summed E-state index contributed by atoms with van der Waals surface area (Å²) in [5.41, 5.74) is 8.09. The van der Waals surface area contributed by atoms with Gasteiger partial charge in [0.2, 0.25) is 5.89 Å². The Balaban J connectivity index is 1.66. The van der Waals surface area contributed by atoms with Gasteiger partial charge in [-0.05, 0) is 36.2 Å². The zero-order chi connectivity index (χ0) is 16.9. The van der Waals surface area contributed by atoms with Crippen molar-refractivity contribution in [1.82, 2.24) is 4.98 Å². The van der Waals surface area contributed by atoms with Crippen molar-refractivity contribution in [2.24, 2.45) is 5.73 Å². The number of rotatable bonds is 5. The van der Waals surface area contributed by atoms with Gasteiger partial charge in [-0.15, -0.1) is 0 Å². The molecule has 0 fully saturated rings. The molecule has 1 heterocycles. The van der Waals surface area contributed by atoms with Gasteiger partial charge in [0, 0.05) is 10.2 Å². The number of benzene rings is 2. The Morgan fingerprint density at radius 2 is 1.88 bits per heavy atom. The highest BCUT2D eigenvalue weighted by atomic mass is 79.9. The Bertz CT molecular complexity index is 816. The number of halogens is 1. The van der Waals surface area contributed by atoms with Crippen LogP contribution in [0.15, 0.2) is 69.8 Å². The first kappa shape index (κ1) is 16.4. The standard InChI is InChI=1S/C18H16BrN3O2/c19-13-6-8-14(9-7-13)21-17(23)16-11-24-18(22-16)15(20)10-12-4-2-1-3-5-12/h1-9,11,15H,10,20H2,(H,21,23). The van der Waals surface area contributed by atoms with E-state index in [-0.39, 0.29) is 11.6 Å². The Labute approximate surface area is 148 Å². The third-order valence-electron chi connectivity index (χ3n) is 3.47. The van der Waals surface area contributed by atoms with Crippen molar-refractivity contribution in [2.45, 2.75) is 12.5 Å². The molecule has 5 nitrogen and oxygen atoms in total. The number of aromatic nitrogens is 1. The summed E-state index contributed by atoms with van der Waals surface area (Å²) in [7, 11) is 0. The summed E-state index contributed by atoms with van der Waals surface area (Å²) in [4.78, 5) is 16.4. The van der Waals surface area contributed by atoms with Crippen molar-refractivity contribution in [3.63, 3.8) is 0 Å². The van der Waals surface area contributed by atoms with Crippen molar-refractivity contribution < 1.29 is 9.21 Å². The van der Waals surface area contributed by atoms with Gasteiger partial charge in [0.15, 0.2) is 5.69 Å². The molecular weight excluding hydrogens is 370 g/mol. The van der Waals surface area contributed by atoms with E-state index in [2.05, 4.69) is 26.2 Å². The van der Waals surface area contributed by atoms with Crippen molar-refractivity contribution in [3.8, 4) is 0 Å². The van der Waals surface area contributed by atoms with Crippen LogP contribution in [0.3, 0.4) is 0 Å². The molecule has 0 spiro atoms. The topological polar surface area (TPSA) is 81.1 Å². The van der Waals surface area contributed by atoms with Gasteiger partial charge in [0.25, 0.3) is 5.91 Å². The second kappa shape index (κ2) is 7.42. The lowest BCUT2D eigenvalue weighted by Gasteiger charge is -2.07. The molecular formula is C18H16BrN3O2. The van der Waals surface area contributed by atoms with Crippen LogP contribution in [0.5, 0.6) is 0 Å². The average Bonchev–Trinajstić information content (AvgIpc) is 3.08. The molecule has 0 aliphatic rings. The molecule has 1 aromatic heterocycles. The van der Waals surface area contributed by atoms with E-state index in [1.807, 2.05) is 42.5 Å². The molecule has 3 N–H and O–H groups in total. The molecule has 0 saturated heterocycles. The molecule has 2 aromatic carbocycles. The minimum atomic E-state index is -0.401. The molecule has 1 amide bonds. The first-order valence-electron chi connectivity index (χ1n) is 7.43. The number of amides is 1. The lowest BCUT2D eigenvalue weighted by atomic mass is 10.1. The summed E-state index contributed by atoms with van der Waals surface area (Å²) in [5, 5.41) is 2.76. The van der Waals surface area contributed by atoms with Crippen LogP contribution < -0.4 is 11.1 Å². The predicted molar refractivity (Wildman–Crippen MR) is 95.7 cm³/mol. The molecule has 0 saturated carbocycles. The van der Waals surface area contributed by atoms with Crippen molar-refractivity contribution >= 4 is 27.5 Å². The highest BCUT2D eigenvalue weighted by Gasteiger charge is 2.17. The normalized spacial score (nSPS) is 11.9. The minimum Gasteiger partial charge on any atom is -0.446 e. The zero-order valence-corrected chi connectivity index (χ0v) is 14.4. The van der Waals surface area contributed by atoms with Crippen LogP contribution in [0.2, 0.25) is 0 Å². The fraction of sp³-hybridized carbons (Fsp3) is 0.111. The summed E-state index contributed by atoms with van der Waals surface area (Å²) < 4.78 is 6.31. The van der Waals surface area contributed by atoms with Gasteiger partial charge in [-0.2, -0.15) is 0 Å². The molecule has 3 aromatic rings. The molecule has 24 heavy (non-hydrogen) atoms. The van der Waals surface area contributed by atoms with Gasteiger partial charge < -0.3 is 15.5 Å². The highest BCUT2D eigenvalue weighted by molar-refractivity contribution is 9.10. The second-order valence-electron chi connectivity index (χ2n) is 5.33. The van der Waals surface area contributed by atoms with Gasteiger partial charge in [-0.3, -0.25) is 4.79 Å². The molecule has 0 radical (unpaired) electrons. The third-order valence-corrected chi connectivity index (χ3v) is 4.00. The van der Waals surface area contributed by atoms with Crippen LogP contribution in [-0.4, -0.2) is 10.9 Å². The van der Waals surface area contributed by atoms with Crippen LogP contribution in [0, 0.1) is 0 Å². The van der Waals surface area contributed by atoms with Crippen molar-refractivity contribution in [3.05, 3.63) is 82.5 Å². The lowest BCUT2D eigenvalue weighted by molar-refractivity contribution is 0.102. The van der Waals surface area contributed by atoms with E-state index < -0.39 is 6.04 Å². The Morgan fingerprint density at radius 1 is 1.17 bits per heavy atom. The molecule has 122 valence electrons. The Hall–Kier alpha value is -2.44. The van der Waals surface area contributed by atoms with Gasteiger partial charge in [0.1, 0.15) is 6.26 Å². The van der Waals surface area contributed by atoms with Gasteiger partial charge in [-0.25, -0.2) is 4.98 Å². The number of oxazole rings is 1. The maximum absolute atomic E-state index is 12.2. The number of carbonyl (C=O) groups excluding carboxylic acids is 1. The fourth-order valence-corrected chi connectivity index (χ4v) is 2.51. The SMILES string of the molecule is NC(Cc1ccccc1)c1nc(C(=O)Nc2ccc(Br)cc2)co1. The van der Waals surface area contributed by atoms with Crippen LogP contribution in [0.4, 0.5) is 5.69 Å². The quantitative estimate of drug-likeness (QED) is 0.696. The van der Waals surface area contributed by atoms with Crippen molar-refractivity contribution in [2.75, 3.05) is 5.32 Å². The summed E-state index contributed by atoms with van der Waals surface area (Å²) in [6, 6.07) is 16.7. The van der Waals surface area contributed by atoms with Crippen LogP contribution >= 0.6 is 15.9 Å². The molecule has 6 heteroatoms. The van der Waals surface area contributed by atoms with E-state index in [1.54, 1.807) is 12.1 Å². The van der Waals surface area contributed by atoms with E-state index in [0.29, 0.717) is 18.0 Å². The number of nitrogens with zero attached hydrogens (tertiary/aromatic N) is 1. The maximum Gasteiger partial charge on any atom is 0.277 e. The van der Waals surface area contributed by atoms with Gasteiger partial charge in [-0.1, -0.05) is 46.3 Å². The Morgan fingerprint density at radius 3 is 2.58 bits per heavy atom. The maximum atomic E-state index is 12.2. The molecule has 0 aliphatic carbocycles. The highest BCUT2D eigenvalue weighted by Crippen LogP contribution is 2.18. The lowest BCUT2D eigenvalue weighted by Crippen LogP contribution is -2.16. The third kappa shape index (κ3) is 4.10. The monoisotopic (exact) mass is 385 g/mol. The van der Waals surface area contributed by atoms with E-state index in [0.717, 1.165) is 10.0 Å². The molecule has 0 bridgehead atoms. The predicted octanol–water partition coefficient (Wildman–Crippen LogP) is 3.93. The summed E-state index contributed by atoms with van der Waals surface area (Å²) in [6.45, 7) is 0. The minimum absolute atomic E-state index is 0.205. The average molecular weight is 386 g/mol. The van der Waals surface area contributed by atoms with Gasteiger partial charge in [0.05, 0.1) is 6.04 Å². The Kier molecular flexibility index (Phi) is 5.08. The summed E-state index contributed by atoms with van der Waals surface area (Å²) in [6.07, 6.45) is 1.92. The second-order valence-corrected chi connectivity index (χ2v) is 6.24. The zero-order valence-electron chi connectivity index (χ0n) is 12.8. The first-order valence-corrected chi connectivity index (χ1v) is 8.23. The van der Waals surface area contributed by atoms with Crippen LogP contribution in [0.1, 0.15) is 28.0 Å². The fourth-order valence-electron chi connectivity index (χ4n) is 2.25. The largest absolute Gasteiger partial charge is 0.446 e. The molecule has 3 rings (SSSR count). The van der Waals surface area contributed by atoms with Crippen LogP contribution in [-0.2, 0) is 6.42 Å². The number of hydrogen-bond donors (Lipinski definition) is 2. The number of hydrogen-bond acceptors (Lipinski definition) is 4.